The van der Waals surface area contributed by atoms with Crippen molar-refractivity contribution < 1.29 is 19.5 Å². The number of benzene rings is 1. The second-order valence-electron chi connectivity index (χ2n) is 2.85. The van der Waals surface area contributed by atoms with Crippen LogP contribution in [0.5, 0.6) is 5.75 Å². The van der Waals surface area contributed by atoms with Gasteiger partial charge in [0.05, 0.1) is 5.30 Å². The highest BCUT2D eigenvalue weighted by Gasteiger charge is 2.17. The molecule has 0 fully saturated rings. The summed E-state index contributed by atoms with van der Waals surface area (Å²) in [6, 6.07) is 3.77. The lowest BCUT2D eigenvalue weighted by atomic mass is 10.1. The molecule has 0 aromatic heterocycles. The first-order valence-electron chi connectivity index (χ1n) is 3.94. The van der Waals surface area contributed by atoms with Crippen LogP contribution in [0.1, 0.15) is 5.56 Å². The van der Waals surface area contributed by atoms with Crippen molar-refractivity contribution in [3.05, 3.63) is 36.4 Å². The number of hydrogen-bond acceptors (Lipinski definition) is 2. The third-order valence-electron chi connectivity index (χ3n) is 1.76. The van der Waals surface area contributed by atoms with Gasteiger partial charge in [0.1, 0.15) is 5.75 Å². The fraction of sp³-hybridized carbons (Fsp3) is 0.111. The number of aromatic hydroxyl groups is 1. The molecule has 1 aromatic carbocycles. The highest BCUT2D eigenvalue weighted by atomic mass is 31.2. The van der Waals surface area contributed by atoms with Crippen LogP contribution < -0.4 is 5.30 Å². The Morgan fingerprint density at radius 1 is 1.43 bits per heavy atom. The Kier molecular flexibility index (Phi) is 3.11. The van der Waals surface area contributed by atoms with Crippen LogP contribution >= 0.6 is 7.60 Å². The average molecular weight is 214 g/mol. The molecule has 0 heterocycles. The zero-order valence-corrected chi connectivity index (χ0v) is 8.32. The van der Waals surface area contributed by atoms with E-state index >= 15 is 0 Å². The molecule has 0 saturated heterocycles. The van der Waals surface area contributed by atoms with Gasteiger partial charge in [-0.1, -0.05) is 6.08 Å². The Hall–Kier alpha value is -1.09. The van der Waals surface area contributed by atoms with Crippen LogP contribution in [0.2, 0.25) is 0 Å². The van der Waals surface area contributed by atoms with Gasteiger partial charge < -0.3 is 14.9 Å². The van der Waals surface area contributed by atoms with Crippen molar-refractivity contribution in [3.8, 4) is 5.75 Å². The molecule has 1 rings (SSSR count). The SMILES string of the molecule is C=CCc1cc(P(=O)(O)O)ccc1O. The molecule has 0 spiro atoms. The van der Waals surface area contributed by atoms with Gasteiger partial charge in [-0.15, -0.1) is 6.58 Å². The third kappa shape index (κ3) is 2.45. The molecule has 0 aliphatic carbocycles. The summed E-state index contributed by atoms with van der Waals surface area (Å²) in [6.07, 6.45) is 1.93. The molecule has 5 heteroatoms. The number of rotatable bonds is 3. The van der Waals surface area contributed by atoms with Gasteiger partial charge in [0.25, 0.3) is 0 Å². The van der Waals surface area contributed by atoms with Crippen LogP contribution in [0.15, 0.2) is 30.9 Å². The van der Waals surface area contributed by atoms with Crippen molar-refractivity contribution in [2.75, 3.05) is 0 Å². The lowest BCUT2D eigenvalue weighted by molar-refractivity contribution is 0.387. The second kappa shape index (κ2) is 3.96. The minimum Gasteiger partial charge on any atom is -0.508 e. The molecule has 1 aromatic rings. The normalized spacial score (nSPS) is 11.3. The topological polar surface area (TPSA) is 77.8 Å². The molecule has 76 valence electrons. The maximum absolute atomic E-state index is 10.9. The predicted molar refractivity (Wildman–Crippen MR) is 53.7 cm³/mol. The Morgan fingerprint density at radius 2 is 2.07 bits per heavy atom. The monoisotopic (exact) mass is 214 g/mol. The molecule has 14 heavy (non-hydrogen) atoms. The smallest absolute Gasteiger partial charge is 0.356 e. The van der Waals surface area contributed by atoms with Crippen molar-refractivity contribution in [1.29, 1.82) is 0 Å². The summed E-state index contributed by atoms with van der Waals surface area (Å²) >= 11 is 0. The molecule has 0 saturated carbocycles. The van der Waals surface area contributed by atoms with Crippen molar-refractivity contribution in [2.24, 2.45) is 0 Å². The number of phenolic OH excluding ortho intramolecular Hbond substituents is 1. The summed E-state index contributed by atoms with van der Waals surface area (Å²) in [5, 5.41) is 9.24. The van der Waals surface area contributed by atoms with Crippen LogP contribution in [-0.4, -0.2) is 14.9 Å². The molecule has 0 unspecified atom stereocenters. The van der Waals surface area contributed by atoms with Crippen LogP contribution in [0.4, 0.5) is 0 Å². The van der Waals surface area contributed by atoms with E-state index < -0.39 is 7.60 Å². The quantitative estimate of drug-likeness (QED) is 0.516. The molecule has 3 N–H and O–H groups in total. The van der Waals surface area contributed by atoms with E-state index in [1.54, 1.807) is 6.08 Å². The Balaban J connectivity index is 3.19. The largest absolute Gasteiger partial charge is 0.508 e. The predicted octanol–water partition coefficient (Wildman–Crippen LogP) is 0.924. The molecular formula is C9H11O4P. The van der Waals surface area contributed by atoms with Gasteiger partial charge in [-0.2, -0.15) is 0 Å². The van der Waals surface area contributed by atoms with E-state index in [2.05, 4.69) is 6.58 Å². The van der Waals surface area contributed by atoms with E-state index in [-0.39, 0.29) is 11.1 Å². The number of allylic oxidation sites excluding steroid dienone is 1. The number of hydrogen-bond donors (Lipinski definition) is 3. The Bertz CT molecular complexity index is 394. The van der Waals surface area contributed by atoms with Gasteiger partial charge in [-0.25, -0.2) is 0 Å². The first kappa shape index (κ1) is 11.0. The second-order valence-corrected chi connectivity index (χ2v) is 4.45. The highest BCUT2D eigenvalue weighted by molar-refractivity contribution is 7.60. The summed E-state index contributed by atoms with van der Waals surface area (Å²) in [4.78, 5) is 17.8. The molecular weight excluding hydrogens is 203 g/mol. The minimum atomic E-state index is -4.23. The van der Waals surface area contributed by atoms with Crippen LogP contribution in [0.25, 0.3) is 0 Å². The van der Waals surface area contributed by atoms with Crippen LogP contribution in [-0.2, 0) is 11.0 Å². The molecule has 0 amide bonds. The Morgan fingerprint density at radius 3 is 2.57 bits per heavy atom. The standard InChI is InChI=1S/C9H11O4P/c1-2-3-7-6-8(14(11,12)13)4-5-9(7)10/h2,4-6,10H,1,3H2,(H2,11,12,13). The van der Waals surface area contributed by atoms with Gasteiger partial charge in [-0.3, -0.25) is 4.57 Å². The van der Waals surface area contributed by atoms with Crippen molar-refractivity contribution in [2.45, 2.75) is 6.42 Å². The van der Waals surface area contributed by atoms with Crippen LogP contribution in [0.3, 0.4) is 0 Å². The molecule has 0 aliphatic rings. The maximum Gasteiger partial charge on any atom is 0.356 e. The minimum absolute atomic E-state index is 0.0158. The lowest BCUT2D eigenvalue weighted by Crippen LogP contribution is -2.04. The molecule has 0 radical (unpaired) electrons. The fourth-order valence-corrected chi connectivity index (χ4v) is 1.66. The lowest BCUT2D eigenvalue weighted by Gasteiger charge is -2.07. The third-order valence-corrected chi connectivity index (χ3v) is 2.71. The fourth-order valence-electron chi connectivity index (χ4n) is 1.07. The molecule has 4 nitrogen and oxygen atoms in total. The van der Waals surface area contributed by atoms with E-state index in [1.165, 1.54) is 18.2 Å². The highest BCUT2D eigenvalue weighted by Crippen LogP contribution is 2.34. The summed E-state index contributed by atoms with van der Waals surface area (Å²) in [6.45, 7) is 3.48. The van der Waals surface area contributed by atoms with Crippen molar-refractivity contribution >= 4 is 12.9 Å². The first-order valence-corrected chi connectivity index (χ1v) is 5.55. The van der Waals surface area contributed by atoms with Crippen molar-refractivity contribution in [1.82, 2.24) is 0 Å². The first-order chi connectivity index (χ1) is 6.45. The Labute approximate surface area is 81.7 Å². The van der Waals surface area contributed by atoms with Crippen molar-refractivity contribution in [3.63, 3.8) is 0 Å². The van der Waals surface area contributed by atoms with Gasteiger partial charge in [-0.05, 0) is 30.2 Å². The van der Waals surface area contributed by atoms with E-state index in [9.17, 15) is 9.67 Å². The average Bonchev–Trinajstić information content (AvgIpc) is 2.07. The molecule has 0 atom stereocenters. The maximum atomic E-state index is 10.9. The van der Waals surface area contributed by atoms with E-state index in [0.717, 1.165) is 0 Å². The van der Waals surface area contributed by atoms with E-state index in [0.29, 0.717) is 12.0 Å². The molecule has 0 bridgehead atoms. The van der Waals surface area contributed by atoms with Crippen LogP contribution in [0, 0.1) is 0 Å². The van der Waals surface area contributed by atoms with E-state index in [1.807, 2.05) is 0 Å². The summed E-state index contributed by atoms with van der Waals surface area (Å²) in [5.74, 6) is 0.0158. The van der Waals surface area contributed by atoms with E-state index in [4.69, 9.17) is 9.79 Å². The molecule has 0 aliphatic heterocycles. The number of phenols is 1. The van der Waals surface area contributed by atoms with Gasteiger partial charge in [0, 0.05) is 0 Å². The zero-order valence-electron chi connectivity index (χ0n) is 7.42. The summed E-state index contributed by atoms with van der Waals surface area (Å²) in [7, 11) is -4.23. The van der Waals surface area contributed by atoms with Gasteiger partial charge in [0.2, 0.25) is 0 Å². The van der Waals surface area contributed by atoms with Gasteiger partial charge in [0.15, 0.2) is 0 Å². The van der Waals surface area contributed by atoms with Gasteiger partial charge >= 0.3 is 7.60 Å². The summed E-state index contributed by atoms with van der Waals surface area (Å²) < 4.78 is 10.9. The summed E-state index contributed by atoms with van der Waals surface area (Å²) in [5.41, 5.74) is 0.459. The zero-order chi connectivity index (χ0) is 10.8.